The number of sulfonamides is 1. The third-order valence-electron chi connectivity index (χ3n) is 2.59. The molecule has 0 aliphatic rings. The first-order chi connectivity index (χ1) is 10.2. The SMILES string of the molecule is O=S(c1ccccc1)c1ccccc1NS(=O)(=O)C(F)(F)F. The van der Waals surface area contributed by atoms with Gasteiger partial charge in [0.15, 0.2) is 0 Å². The molecule has 0 aliphatic carbocycles. The maximum atomic E-state index is 12.4. The van der Waals surface area contributed by atoms with Crippen LogP contribution in [-0.4, -0.2) is 18.1 Å². The van der Waals surface area contributed by atoms with Crippen LogP contribution >= 0.6 is 0 Å². The first-order valence-corrected chi connectivity index (χ1v) is 8.50. The Morgan fingerprint density at radius 3 is 2.05 bits per heavy atom. The molecule has 0 heterocycles. The third-order valence-corrected chi connectivity index (χ3v) is 5.15. The van der Waals surface area contributed by atoms with Gasteiger partial charge in [0.2, 0.25) is 0 Å². The van der Waals surface area contributed by atoms with Gasteiger partial charge >= 0.3 is 15.5 Å². The molecule has 0 saturated carbocycles. The molecule has 2 aromatic carbocycles. The van der Waals surface area contributed by atoms with Gasteiger partial charge in [-0.15, -0.1) is 0 Å². The summed E-state index contributed by atoms with van der Waals surface area (Å²) in [6.45, 7) is 0. The second kappa shape index (κ2) is 6.09. The number of hydrogen-bond acceptors (Lipinski definition) is 3. The summed E-state index contributed by atoms with van der Waals surface area (Å²) in [6, 6.07) is 13.2. The predicted octanol–water partition coefficient (Wildman–Crippen LogP) is 3.11. The predicted molar refractivity (Wildman–Crippen MR) is 76.2 cm³/mol. The van der Waals surface area contributed by atoms with Crippen LogP contribution in [0.25, 0.3) is 0 Å². The van der Waals surface area contributed by atoms with Crippen molar-refractivity contribution < 1.29 is 25.8 Å². The van der Waals surface area contributed by atoms with Crippen LogP contribution < -0.4 is 4.72 Å². The van der Waals surface area contributed by atoms with E-state index in [0.717, 1.165) is 6.07 Å². The first-order valence-electron chi connectivity index (χ1n) is 5.87. The highest BCUT2D eigenvalue weighted by Crippen LogP contribution is 2.29. The highest BCUT2D eigenvalue weighted by atomic mass is 32.2. The number of anilines is 1. The van der Waals surface area contributed by atoms with Gasteiger partial charge in [-0.1, -0.05) is 30.3 Å². The number of para-hydroxylation sites is 1. The van der Waals surface area contributed by atoms with Gasteiger partial charge in [-0.2, -0.15) is 21.6 Å². The number of benzene rings is 2. The molecule has 4 nitrogen and oxygen atoms in total. The zero-order valence-electron chi connectivity index (χ0n) is 10.9. The first kappa shape index (κ1) is 16.5. The van der Waals surface area contributed by atoms with Crippen LogP contribution in [0.3, 0.4) is 0 Å². The van der Waals surface area contributed by atoms with Gasteiger partial charge in [-0.05, 0) is 24.3 Å². The Labute approximate surface area is 127 Å². The van der Waals surface area contributed by atoms with Gasteiger partial charge in [0.05, 0.1) is 21.4 Å². The van der Waals surface area contributed by atoms with E-state index in [2.05, 4.69) is 0 Å². The molecule has 0 aliphatic heterocycles. The Morgan fingerprint density at radius 2 is 1.45 bits per heavy atom. The minimum absolute atomic E-state index is 0.0541. The largest absolute Gasteiger partial charge is 0.516 e. The summed E-state index contributed by atoms with van der Waals surface area (Å²) in [5.41, 5.74) is -5.82. The van der Waals surface area contributed by atoms with E-state index >= 15 is 0 Å². The van der Waals surface area contributed by atoms with Crippen molar-refractivity contribution in [2.24, 2.45) is 0 Å². The average Bonchev–Trinajstić information content (AvgIpc) is 2.46. The van der Waals surface area contributed by atoms with E-state index in [-0.39, 0.29) is 10.6 Å². The normalized spacial score (nSPS) is 13.6. The summed E-state index contributed by atoms with van der Waals surface area (Å²) in [6.07, 6.45) is 0. The molecule has 118 valence electrons. The molecule has 2 aromatic rings. The van der Waals surface area contributed by atoms with Crippen molar-refractivity contribution >= 4 is 26.5 Å². The molecule has 0 spiro atoms. The van der Waals surface area contributed by atoms with Crippen LogP contribution in [0.5, 0.6) is 0 Å². The Kier molecular flexibility index (Phi) is 4.57. The second-order valence-electron chi connectivity index (χ2n) is 4.13. The quantitative estimate of drug-likeness (QED) is 0.922. The van der Waals surface area contributed by atoms with Gasteiger partial charge < -0.3 is 0 Å². The monoisotopic (exact) mass is 349 g/mol. The number of hydrogen-bond donors (Lipinski definition) is 1. The fraction of sp³-hybridized carbons (Fsp3) is 0.0769. The molecular formula is C13H10F3NO3S2. The lowest BCUT2D eigenvalue weighted by atomic mass is 10.3. The minimum Gasteiger partial charge on any atom is -0.275 e. The fourth-order valence-corrected chi connectivity index (χ4v) is 3.41. The van der Waals surface area contributed by atoms with Crippen LogP contribution in [0.2, 0.25) is 0 Å². The van der Waals surface area contributed by atoms with Gasteiger partial charge in [0.1, 0.15) is 0 Å². The molecule has 0 fully saturated rings. The molecule has 0 saturated heterocycles. The van der Waals surface area contributed by atoms with Crippen LogP contribution in [0, 0.1) is 0 Å². The van der Waals surface area contributed by atoms with E-state index in [1.54, 1.807) is 18.2 Å². The van der Waals surface area contributed by atoms with Crippen molar-refractivity contribution in [1.29, 1.82) is 0 Å². The standard InChI is InChI=1S/C13H10F3NO3S2/c14-13(15,16)22(19,20)17-11-8-4-5-9-12(11)21(18)10-6-2-1-3-7-10/h1-9,17H. The number of rotatable bonds is 4. The van der Waals surface area contributed by atoms with Crippen molar-refractivity contribution in [3.05, 3.63) is 54.6 Å². The summed E-state index contributed by atoms with van der Waals surface area (Å²) in [5, 5.41) is 0. The van der Waals surface area contributed by atoms with E-state index < -0.39 is 26.3 Å². The van der Waals surface area contributed by atoms with Crippen molar-refractivity contribution in [3.8, 4) is 0 Å². The molecule has 9 heteroatoms. The number of nitrogens with one attached hydrogen (secondary N) is 1. The van der Waals surface area contributed by atoms with E-state index in [1.807, 2.05) is 0 Å². The summed E-state index contributed by atoms with van der Waals surface area (Å²) < 4.78 is 73.6. The van der Waals surface area contributed by atoms with Gasteiger partial charge in [0.25, 0.3) is 0 Å². The van der Waals surface area contributed by atoms with Gasteiger partial charge in [-0.3, -0.25) is 4.72 Å². The maximum Gasteiger partial charge on any atom is 0.516 e. The molecule has 22 heavy (non-hydrogen) atoms. The Morgan fingerprint density at radius 1 is 0.909 bits per heavy atom. The zero-order valence-corrected chi connectivity index (χ0v) is 12.5. The molecule has 0 amide bonds. The molecule has 1 N–H and O–H groups in total. The highest BCUT2D eigenvalue weighted by Gasteiger charge is 2.46. The van der Waals surface area contributed by atoms with Gasteiger partial charge in [-0.25, -0.2) is 4.21 Å². The highest BCUT2D eigenvalue weighted by molar-refractivity contribution is 7.93. The van der Waals surface area contributed by atoms with E-state index in [1.165, 1.54) is 35.1 Å². The lowest BCUT2D eigenvalue weighted by Gasteiger charge is -2.13. The summed E-state index contributed by atoms with van der Waals surface area (Å²) in [5.74, 6) is 0. The van der Waals surface area contributed by atoms with Crippen LogP contribution in [-0.2, 0) is 20.8 Å². The fourth-order valence-electron chi connectivity index (χ4n) is 1.59. The summed E-state index contributed by atoms with van der Waals surface area (Å²) in [7, 11) is -7.39. The topological polar surface area (TPSA) is 63.2 Å². The molecule has 0 radical (unpaired) electrons. The van der Waals surface area contributed by atoms with Crippen molar-refractivity contribution in [2.45, 2.75) is 15.3 Å². The van der Waals surface area contributed by atoms with Crippen molar-refractivity contribution in [3.63, 3.8) is 0 Å². The second-order valence-corrected chi connectivity index (χ2v) is 7.25. The lowest BCUT2D eigenvalue weighted by Crippen LogP contribution is -2.30. The van der Waals surface area contributed by atoms with Crippen molar-refractivity contribution in [1.82, 2.24) is 0 Å². The van der Waals surface area contributed by atoms with E-state index in [9.17, 15) is 25.8 Å². The molecular weight excluding hydrogens is 339 g/mol. The van der Waals surface area contributed by atoms with Crippen LogP contribution in [0.1, 0.15) is 0 Å². The third kappa shape index (κ3) is 3.47. The van der Waals surface area contributed by atoms with E-state index in [0.29, 0.717) is 4.90 Å². The molecule has 0 bridgehead atoms. The number of halogens is 3. The molecule has 2 rings (SSSR count). The summed E-state index contributed by atoms with van der Waals surface area (Å²) >= 11 is 0. The van der Waals surface area contributed by atoms with Crippen LogP contribution in [0.4, 0.5) is 18.9 Å². The van der Waals surface area contributed by atoms with E-state index in [4.69, 9.17) is 0 Å². The minimum atomic E-state index is -5.57. The van der Waals surface area contributed by atoms with Gasteiger partial charge in [0, 0.05) is 4.90 Å². The molecule has 0 aromatic heterocycles. The number of alkyl halides is 3. The smallest absolute Gasteiger partial charge is 0.275 e. The Hall–Kier alpha value is -1.87. The average molecular weight is 349 g/mol. The zero-order chi connectivity index (χ0) is 16.4. The Balaban J connectivity index is 2.43. The van der Waals surface area contributed by atoms with Crippen molar-refractivity contribution in [2.75, 3.05) is 4.72 Å². The molecule has 1 atom stereocenters. The Bertz CT molecular complexity index is 790. The molecule has 1 unspecified atom stereocenters. The van der Waals surface area contributed by atoms with Crippen LogP contribution in [0.15, 0.2) is 64.4 Å². The summed E-state index contributed by atoms with van der Waals surface area (Å²) in [4.78, 5) is 0.294. The lowest BCUT2D eigenvalue weighted by molar-refractivity contribution is -0.0429. The maximum absolute atomic E-state index is 12.4.